The third-order valence-corrected chi connectivity index (χ3v) is 11.9. The van der Waals surface area contributed by atoms with Crippen LogP contribution in [-0.2, 0) is 33.4 Å². The molecule has 2 N–H and O–H groups in total. The number of ether oxygens (including phenoxy) is 4. The molecule has 12 heteroatoms. The van der Waals surface area contributed by atoms with Crippen molar-refractivity contribution in [2.45, 2.75) is 191 Å². The standard InChI is InChI=1S/C14H22O.C13H18O5.C10H14O.2C6H12O2.Mg/c1-6-11(2)12-7-9-13(10-8-12)15-14(3,4)5;1-4-13(2,3)12(15)18-9-7-5-6-8(16-7)10(9)17-11(6)14;1-3-8(2)9-4-6-10(11)7-5-9;2*1-4-6(2,3)5(7)8;/h7-11H,6H2,1-5H3;6-10H,4-5H2,1-3H3;4-8,11H,3H2,1-2H3;2*4H2,1-3H3,(H,7,8);/q;;;;;+2/p-1. The monoisotopic (exact) mass is 866 g/mol. The molecule has 0 aliphatic carbocycles. The molecule has 7 atom stereocenters. The van der Waals surface area contributed by atoms with Crippen LogP contribution < -0.4 is 9.84 Å². The summed E-state index contributed by atoms with van der Waals surface area (Å²) in [6.07, 6.45) is 3.76. The fourth-order valence-corrected chi connectivity index (χ4v) is 5.60. The second-order valence-electron chi connectivity index (χ2n) is 19.1. The Kier molecular flexibility index (Phi) is 23.7. The van der Waals surface area contributed by atoms with Gasteiger partial charge in [-0.1, -0.05) is 86.6 Å². The molecule has 7 unspecified atom stereocenters. The van der Waals surface area contributed by atoms with Crippen molar-refractivity contribution in [1.29, 1.82) is 0 Å². The first kappa shape index (κ1) is 57.6. The van der Waals surface area contributed by atoms with Gasteiger partial charge in [0.1, 0.15) is 23.2 Å². The maximum Gasteiger partial charge on any atom is 2.00 e. The van der Waals surface area contributed by atoms with Crippen LogP contribution in [0.4, 0.5) is 0 Å². The molecule has 0 aromatic heterocycles. The number of hydrogen-bond acceptors (Lipinski definition) is 10. The van der Waals surface area contributed by atoms with Crippen molar-refractivity contribution < 1.29 is 53.4 Å². The van der Waals surface area contributed by atoms with Crippen LogP contribution in [0.5, 0.6) is 11.5 Å². The molecule has 3 aliphatic rings. The summed E-state index contributed by atoms with van der Waals surface area (Å²) in [5.74, 6) is 0.233. The largest absolute Gasteiger partial charge is 2.00 e. The van der Waals surface area contributed by atoms with Crippen LogP contribution in [0.2, 0.25) is 0 Å². The molecule has 3 heterocycles. The van der Waals surface area contributed by atoms with E-state index in [1.54, 1.807) is 39.8 Å². The number of carbonyl (C=O) groups is 4. The van der Waals surface area contributed by atoms with Gasteiger partial charge in [-0.25, -0.2) is 0 Å². The molecular formula is C49H77MgO11+. The van der Waals surface area contributed by atoms with Gasteiger partial charge in [0.2, 0.25) is 0 Å². The van der Waals surface area contributed by atoms with E-state index >= 15 is 0 Å². The molecule has 0 saturated carbocycles. The third kappa shape index (κ3) is 18.1. The molecule has 2 aromatic rings. The number of fused-ring (bicyclic) bond motifs is 1. The number of rotatable bonds is 12. The van der Waals surface area contributed by atoms with Crippen LogP contribution in [0, 0.1) is 22.2 Å². The number of carboxylic acids is 2. The fraction of sp³-hybridized carbons (Fsp3) is 0.673. The Morgan fingerprint density at radius 2 is 1.18 bits per heavy atom. The smallest absolute Gasteiger partial charge is 0.550 e. The van der Waals surface area contributed by atoms with Gasteiger partial charge in [0.05, 0.1) is 22.9 Å². The third-order valence-electron chi connectivity index (χ3n) is 11.9. The Morgan fingerprint density at radius 1 is 0.738 bits per heavy atom. The van der Waals surface area contributed by atoms with E-state index in [1.165, 1.54) is 17.5 Å². The summed E-state index contributed by atoms with van der Waals surface area (Å²) >= 11 is 0. The van der Waals surface area contributed by atoms with E-state index in [1.807, 2.05) is 46.8 Å². The van der Waals surface area contributed by atoms with Gasteiger partial charge in [-0.15, -0.1) is 0 Å². The zero-order chi connectivity index (χ0) is 46.4. The molecule has 2 bridgehead atoms. The fourth-order valence-electron chi connectivity index (χ4n) is 5.60. The van der Waals surface area contributed by atoms with E-state index in [0.29, 0.717) is 43.3 Å². The van der Waals surface area contributed by atoms with E-state index in [9.17, 15) is 24.3 Å². The SMILES string of the molecule is CCC(C)(C)C(=O)O.CCC(C)(C)C(=O)OC1C2CC3C(=O)OC1C3O2.CCC(C)(C)C(=O)[O-].CCC(C)c1ccc(O)cc1.CCC(C)c1ccc(OC(C)(C)C)cc1.[Mg+2]. The van der Waals surface area contributed by atoms with Crippen molar-refractivity contribution in [3.8, 4) is 11.5 Å². The summed E-state index contributed by atoms with van der Waals surface area (Å²) in [6, 6.07) is 15.9. The molecule has 0 radical (unpaired) electrons. The second kappa shape index (κ2) is 25.1. The molecule has 2 aromatic carbocycles. The number of aliphatic carboxylic acids is 2. The maximum atomic E-state index is 12.1. The Morgan fingerprint density at radius 3 is 1.52 bits per heavy atom. The van der Waals surface area contributed by atoms with Crippen LogP contribution in [0.1, 0.15) is 172 Å². The van der Waals surface area contributed by atoms with Gasteiger partial charge in [0.25, 0.3) is 0 Å². The molecule has 0 amide bonds. The summed E-state index contributed by atoms with van der Waals surface area (Å²) in [4.78, 5) is 44.0. The van der Waals surface area contributed by atoms with Crippen LogP contribution in [0.15, 0.2) is 48.5 Å². The first-order valence-electron chi connectivity index (χ1n) is 21.7. The van der Waals surface area contributed by atoms with Crippen molar-refractivity contribution in [2.24, 2.45) is 22.2 Å². The molecule has 340 valence electrons. The Hall–Kier alpha value is -3.35. The quantitative estimate of drug-likeness (QED) is 0.154. The minimum atomic E-state index is -0.972. The van der Waals surface area contributed by atoms with Crippen molar-refractivity contribution in [3.63, 3.8) is 0 Å². The minimum Gasteiger partial charge on any atom is -0.550 e. The minimum absolute atomic E-state index is 0. The predicted octanol–water partition coefficient (Wildman–Crippen LogP) is 9.63. The summed E-state index contributed by atoms with van der Waals surface area (Å²) in [5.41, 5.74) is 0.867. The molecule has 61 heavy (non-hydrogen) atoms. The predicted molar refractivity (Wildman–Crippen MR) is 239 cm³/mol. The normalized spacial score (nSPS) is 20.8. The van der Waals surface area contributed by atoms with Gasteiger partial charge in [-0.2, -0.15) is 0 Å². The van der Waals surface area contributed by atoms with Gasteiger partial charge in [-0.3, -0.25) is 14.4 Å². The second-order valence-corrected chi connectivity index (χ2v) is 19.1. The van der Waals surface area contributed by atoms with Gasteiger partial charge in [-0.05, 0) is 134 Å². The number of aromatic hydroxyl groups is 1. The van der Waals surface area contributed by atoms with E-state index in [0.717, 1.165) is 12.2 Å². The van der Waals surface area contributed by atoms with Crippen LogP contribution in [-0.4, -0.2) is 87.2 Å². The molecule has 11 nitrogen and oxygen atoms in total. The van der Waals surface area contributed by atoms with Crippen molar-refractivity contribution in [2.75, 3.05) is 0 Å². The molecule has 3 aliphatic heterocycles. The first-order chi connectivity index (χ1) is 27.6. The van der Waals surface area contributed by atoms with E-state index < -0.39 is 40.4 Å². The topological polar surface area (TPSA) is 169 Å². The number of esters is 2. The maximum absolute atomic E-state index is 12.1. The number of hydrogen-bond donors (Lipinski definition) is 2. The van der Waals surface area contributed by atoms with Crippen LogP contribution in [0.25, 0.3) is 0 Å². The number of phenols is 1. The number of carboxylic acid groups (broad SMARTS) is 2. The van der Waals surface area contributed by atoms with Crippen molar-refractivity contribution in [1.82, 2.24) is 0 Å². The van der Waals surface area contributed by atoms with E-state index in [-0.39, 0.29) is 58.7 Å². The molecule has 0 spiro atoms. The van der Waals surface area contributed by atoms with E-state index in [4.69, 9.17) is 29.2 Å². The van der Waals surface area contributed by atoms with Gasteiger partial charge < -0.3 is 39.1 Å². The first-order valence-corrected chi connectivity index (χ1v) is 21.7. The molecule has 5 rings (SSSR count). The summed E-state index contributed by atoms with van der Waals surface area (Å²) < 4.78 is 22.2. The number of carbonyl (C=O) groups excluding carboxylic acids is 3. The van der Waals surface area contributed by atoms with Crippen LogP contribution in [0.3, 0.4) is 0 Å². The van der Waals surface area contributed by atoms with Gasteiger partial charge in [0.15, 0.2) is 12.2 Å². The average Bonchev–Trinajstić information content (AvgIpc) is 3.84. The molecule has 3 saturated heterocycles. The van der Waals surface area contributed by atoms with Gasteiger partial charge >= 0.3 is 41.0 Å². The Bertz CT molecular complexity index is 1620. The molecular weight excluding hydrogens is 789 g/mol. The van der Waals surface area contributed by atoms with Crippen LogP contribution >= 0.6 is 0 Å². The summed E-state index contributed by atoms with van der Waals surface area (Å²) in [6.45, 7) is 31.1. The zero-order valence-corrected chi connectivity index (χ0v) is 41.6. The number of phenolic OH excluding ortho intramolecular Hbond substituents is 1. The Labute approximate surface area is 383 Å². The number of benzene rings is 2. The molecule has 3 fully saturated rings. The Balaban J connectivity index is 0.000000765. The average molecular weight is 866 g/mol. The van der Waals surface area contributed by atoms with Crippen molar-refractivity contribution in [3.05, 3.63) is 59.7 Å². The van der Waals surface area contributed by atoms with E-state index in [2.05, 4.69) is 72.7 Å². The summed E-state index contributed by atoms with van der Waals surface area (Å²) in [7, 11) is 0. The summed E-state index contributed by atoms with van der Waals surface area (Å²) in [5, 5.41) is 27.6. The zero-order valence-electron chi connectivity index (χ0n) is 40.2. The van der Waals surface area contributed by atoms with Gasteiger partial charge in [0, 0.05) is 11.4 Å². The van der Waals surface area contributed by atoms with Crippen molar-refractivity contribution >= 4 is 46.9 Å².